The van der Waals surface area contributed by atoms with Crippen molar-refractivity contribution in [2.75, 3.05) is 19.4 Å². The van der Waals surface area contributed by atoms with Crippen LogP contribution in [0.1, 0.15) is 11.6 Å². The van der Waals surface area contributed by atoms with Crippen molar-refractivity contribution in [1.29, 1.82) is 0 Å². The van der Waals surface area contributed by atoms with Gasteiger partial charge in [0.15, 0.2) is 0 Å². The molecule has 1 aliphatic rings. The zero-order chi connectivity index (χ0) is 14.7. The van der Waals surface area contributed by atoms with Gasteiger partial charge in [0, 0.05) is 22.4 Å². The fourth-order valence-corrected chi connectivity index (χ4v) is 3.49. The minimum atomic E-state index is 0.0739. The Kier molecular flexibility index (Phi) is 4.27. The number of thioether (sulfide) groups is 1. The standard InChI is InChI=1S/C17H18N2OS/c1-20-13-8-6-12(7-9-13)16-17(21-11-10-18)14-4-2-3-5-15(14)19-16/h2-9,16H,10-11,18H2,1H3/t16-/m1/s1. The number of para-hydroxylation sites is 1. The average Bonchev–Trinajstić information content (AvgIpc) is 2.91. The summed E-state index contributed by atoms with van der Waals surface area (Å²) in [6, 6.07) is 16.5. The van der Waals surface area contributed by atoms with Gasteiger partial charge in [0.2, 0.25) is 0 Å². The molecule has 0 amide bonds. The molecule has 0 unspecified atom stereocenters. The first kappa shape index (κ1) is 14.2. The lowest BCUT2D eigenvalue weighted by Crippen LogP contribution is -2.21. The molecule has 0 saturated heterocycles. The van der Waals surface area contributed by atoms with Gasteiger partial charge in [0.25, 0.3) is 0 Å². The minimum absolute atomic E-state index is 0.0739. The molecule has 1 heterocycles. The molecule has 0 fully saturated rings. The van der Waals surface area contributed by atoms with E-state index in [0.717, 1.165) is 16.9 Å². The highest BCUT2D eigenvalue weighted by atomic mass is 32.2. The van der Waals surface area contributed by atoms with Gasteiger partial charge in [-0.15, -0.1) is 11.8 Å². The summed E-state index contributed by atoms with van der Waals surface area (Å²) in [5, 5.41) is 2.30. The van der Waals surface area contributed by atoms with Crippen molar-refractivity contribution in [1.82, 2.24) is 0 Å². The lowest BCUT2D eigenvalue weighted by atomic mass is 10.1. The second-order valence-electron chi connectivity index (χ2n) is 4.82. The molecular weight excluding hydrogens is 280 g/mol. The summed E-state index contributed by atoms with van der Waals surface area (Å²) < 4.78 is 5.23. The number of nitrogens with zero attached hydrogens (tertiary/aromatic N) is 1. The van der Waals surface area contributed by atoms with Crippen LogP contribution in [-0.4, -0.2) is 19.4 Å². The Morgan fingerprint density at radius 1 is 1.14 bits per heavy atom. The SMILES string of the molecule is COc1ccc([C@H]2N=c3ccccc3=C2SCCN)cc1. The number of rotatable bonds is 5. The smallest absolute Gasteiger partial charge is 0.118 e. The van der Waals surface area contributed by atoms with E-state index in [1.165, 1.54) is 15.7 Å². The third-order valence-corrected chi connectivity index (χ3v) is 4.69. The Bertz CT molecular complexity index is 740. The molecule has 108 valence electrons. The lowest BCUT2D eigenvalue weighted by molar-refractivity contribution is 0.414. The molecule has 0 saturated carbocycles. The molecule has 1 aliphatic heterocycles. The van der Waals surface area contributed by atoms with Crippen LogP contribution in [0.5, 0.6) is 5.75 Å². The lowest BCUT2D eigenvalue weighted by Gasteiger charge is -2.13. The topological polar surface area (TPSA) is 47.6 Å². The second kappa shape index (κ2) is 6.33. The van der Waals surface area contributed by atoms with Gasteiger partial charge in [-0.1, -0.05) is 30.3 Å². The fourth-order valence-electron chi connectivity index (χ4n) is 2.48. The van der Waals surface area contributed by atoms with Crippen molar-refractivity contribution in [3.63, 3.8) is 0 Å². The fraction of sp³-hybridized carbons (Fsp3) is 0.235. The summed E-state index contributed by atoms with van der Waals surface area (Å²) in [6.45, 7) is 0.672. The maximum Gasteiger partial charge on any atom is 0.118 e. The van der Waals surface area contributed by atoms with Crippen LogP contribution < -0.4 is 21.0 Å². The third-order valence-electron chi connectivity index (χ3n) is 3.49. The van der Waals surface area contributed by atoms with Gasteiger partial charge in [-0.3, -0.25) is 4.99 Å². The van der Waals surface area contributed by atoms with E-state index in [4.69, 9.17) is 15.5 Å². The van der Waals surface area contributed by atoms with Crippen molar-refractivity contribution in [3.05, 3.63) is 64.7 Å². The molecule has 0 spiro atoms. The summed E-state index contributed by atoms with van der Waals surface area (Å²) in [6.07, 6.45) is 0. The molecule has 2 N–H and O–H groups in total. The maximum absolute atomic E-state index is 5.67. The quantitative estimate of drug-likeness (QED) is 0.917. The summed E-state index contributed by atoms with van der Waals surface area (Å²) in [5.41, 5.74) is 6.85. The zero-order valence-corrected chi connectivity index (χ0v) is 12.8. The summed E-state index contributed by atoms with van der Waals surface area (Å²) in [5.74, 6) is 1.77. The van der Waals surface area contributed by atoms with Crippen molar-refractivity contribution in [2.24, 2.45) is 10.7 Å². The third kappa shape index (κ3) is 2.82. The summed E-state index contributed by atoms with van der Waals surface area (Å²) in [4.78, 5) is 6.16. The van der Waals surface area contributed by atoms with Crippen molar-refractivity contribution in [3.8, 4) is 5.75 Å². The largest absolute Gasteiger partial charge is 0.497 e. The highest BCUT2D eigenvalue weighted by Crippen LogP contribution is 2.35. The Balaban J connectivity index is 2.03. The first-order chi connectivity index (χ1) is 10.3. The number of hydrogen-bond donors (Lipinski definition) is 1. The molecule has 0 bridgehead atoms. The number of fused-ring (bicyclic) bond motifs is 1. The van der Waals surface area contributed by atoms with Crippen LogP contribution in [0.2, 0.25) is 0 Å². The maximum atomic E-state index is 5.67. The average molecular weight is 298 g/mol. The molecule has 2 aromatic carbocycles. The monoisotopic (exact) mass is 298 g/mol. The second-order valence-corrected chi connectivity index (χ2v) is 5.96. The van der Waals surface area contributed by atoms with Gasteiger partial charge in [-0.25, -0.2) is 0 Å². The molecule has 21 heavy (non-hydrogen) atoms. The predicted octanol–water partition coefficient (Wildman–Crippen LogP) is 1.87. The molecule has 2 aromatic rings. The molecule has 4 heteroatoms. The van der Waals surface area contributed by atoms with Gasteiger partial charge in [-0.2, -0.15) is 0 Å². The van der Waals surface area contributed by atoms with Gasteiger partial charge in [0.1, 0.15) is 11.8 Å². The van der Waals surface area contributed by atoms with Gasteiger partial charge < -0.3 is 10.5 Å². The number of methoxy groups -OCH3 is 1. The van der Waals surface area contributed by atoms with Gasteiger partial charge >= 0.3 is 0 Å². The molecule has 0 radical (unpaired) electrons. The van der Waals surface area contributed by atoms with Crippen molar-refractivity contribution < 1.29 is 4.74 Å². The van der Waals surface area contributed by atoms with E-state index in [9.17, 15) is 0 Å². The zero-order valence-electron chi connectivity index (χ0n) is 12.0. The summed E-state index contributed by atoms with van der Waals surface area (Å²) >= 11 is 1.81. The Hall–Kier alpha value is -1.78. The number of benzene rings is 2. The Morgan fingerprint density at radius 2 is 1.90 bits per heavy atom. The first-order valence-electron chi connectivity index (χ1n) is 6.97. The molecule has 3 rings (SSSR count). The number of nitrogens with two attached hydrogens (primary N) is 1. The van der Waals surface area contributed by atoms with Gasteiger partial charge in [-0.05, 0) is 23.8 Å². The van der Waals surface area contributed by atoms with Crippen molar-refractivity contribution in [2.45, 2.75) is 6.04 Å². The van der Waals surface area contributed by atoms with Crippen LogP contribution >= 0.6 is 11.8 Å². The molecule has 3 nitrogen and oxygen atoms in total. The first-order valence-corrected chi connectivity index (χ1v) is 7.96. The van der Waals surface area contributed by atoms with Gasteiger partial charge in [0.05, 0.1) is 12.5 Å². The number of ether oxygens (including phenoxy) is 1. The van der Waals surface area contributed by atoms with Crippen molar-refractivity contribution >= 4 is 16.7 Å². The van der Waals surface area contributed by atoms with Crippen LogP contribution in [0.15, 0.2) is 53.5 Å². The van der Waals surface area contributed by atoms with E-state index in [-0.39, 0.29) is 6.04 Å². The predicted molar refractivity (Wildman–Crippen MR) is 87.9 cm³/mol. The van der Waals surface area contributed by atoms with E-state index >= 15 is 0 Å². The normalized spacial score (nSPS) is 16.5. The molecule has 0 aromatic heterocycles. The minimum Gasteiger partial charge on any atom is -0.497 e. The highest BCUT2D eigenvalue weighted by molar-refractivity contribution is 8.08. The van der Waals surface area contributed by atoms with E-state index in [1.54, 1.807) is 18.9 Å². The number of hydrogen-bond acceptors (Lipinski definition) is 4. The molecular formula is C17H18N2OS. The Labute approximate surface area is 128 Å². The van der Waals surface area contributed by atoms with Crippen LogP contribution in [0.4, 0.5) is 0 Å². The molecule has 0 aliphatic carbocycles. The van der Waals surface area contributed by atoms with E-state index in [0.29, 0.717) is 6.54 Å². The van der Waals surface area contributed by atoms with E-state index in [2.05, 4.69) is 30.3 Å². The highest BCUT2D eigenvalue weighted by Gasteiger charge is 2.21. The van der Waals surface area contributed by atoms with Crippen LogP contribution in [0, 0.1) is 0 Å². The van der Waals surface area contributed by atoms with E-state index in [1.807, 2.05) is 18.2 Å². The summed E-state index contributed by atoms with van der Waals surface area (Å²) in [7, 11) is 1.68. The van der Waals surface area contributed by atoms with Crippen LogP contribution in [0.25, 0.3) is 4.91 Å². The van der Waals surface area contributed by atoms with Crippen LogP contribution in [-0.2, 0) is 0 Å². The van der Waals surface area contributed by atoms with Crippen LogP contribution in [0.3, 0.4) is 0 Å². The van der Waals surface area contributed by atoms with E-state index < -0.39 is 0 Å². The molecule has 1 atom stereocenters. The Morgan fingerprint density at radius 3 is 2.62 bits per heavy atom.